The molecule has 0 radical (unpaired) electrons. The maximum absolute atomic E-state index is 8.73. The summed E-state index contributed by atoms with van der Waals surface area (Å²) >= 11 is 2.02. The summed E-state index contributed by atoms with van der Waals surface area (Å²) < 4.78 is 0.446. The molecule has 0 amide bonds. The predicted octanol–water partition coefficient (Wildman–Crippen LogP) is 3.33. The Morgan fingerprint density at radius 1 is 1.38 bits per heavy atom. The van der Waals surface area contributed by atoms with Gasteiger partial charge in [0.15, 0.2) is 0 Å². The Kier molecular flexibility index (Phi) is 6.23. The van der Waals surface area contributed by atoms with Gasteiger partial charge in [-0.2, -0.15) is 17.0 Å². The van der Waals surface area contributed by atoms with Crippen LogP contribution in [0.15, 0.2) is 0 Å². The van der Waals surface area contributed by atoms with E-state index in [0.29, 0.717) is 17.2 Å². The van der Waals surface area contributed by atoms with Crippen LogP contribution >= 0.6 is 11.8 Å². The second kappa shape index (κ2) is 7.19. The van der Waals surface area contributed by atoms with Gasteiger partial charge in [0, 0.05) is 17.3 Å². The number of nitrogens with zero attached hydrogens (tertiary/aromatic N) is 1. The second-order valence-corrected chi connectivity index (χ2v) is 6.07. The van der Waals surface area contributed by atoms with Crippen LogP contribution in [0.5, 0.6) is 0 Å². The largest absolute Gasteiger partial charge is 0.312 e. The molecule has 1 rings (SSSR count). The summed E-state index contributed by atoms with van der Waals surface area (Å²) in [5.41, 5.74) is 0. The SMILES string of the molecule is CCC(CC#N)NCC1(SC)CCCCC1. The summed E-state index contributed by atoms with van der Waals surface area (Å²) in [5.74, 6) is 0. The van der Waals surface area contributed by atoms with Crippen molar-refractivity contribution >= 4 is 11.8 Å². The van der Waals surface area contributed by atoms with Gasteiger partial charge in [-0.05, 0) is 25.5 Å². The zero-order valence-electron chi connectivity index (χ0n) is 10.6. The molecular formula is C13H24N2S. The van der Waals surface area contributed by atoms with Gasteiger partial charge < -0.3 is 5.32 Å². The van der Waals surface area contributed by atoms with Crippen molar-refractivity contribution in [3.8, 4) is 6.07 Å². The molecule has 1 aliphatic rings. The van der Waals surface area contributed by atoms with Gasteiger partial charge in [-0.1, -0.05) is 26.2 Å². The molecular weight excluding hydrogens is 216 g/mol. The number of nitriles is 1. The predicted molar refractivity (Wildman–Crippen MR) is 71.6 cm³/mol. The summed E-state index contributed by atoms with van der Waals surface area (Å²) in [7, 11) is 0. The van der Waals surface area contributed by atoms with Crippen LogP contribution in [0.3, 0.4) is 0 Å². The molecule has 0 saturated heterocycles. The van der Waals surface area contributed by atoms with Crippen molar-refractivity contribution in [1.29, 1.82) is 5.26 Å². The molecule has 1 fully saturated rings. The van der Waals surface area contributed by atoms with Crippen molar-refractivity contribution < 1.29 is 0 Å². The van der Waals surface area contributed by atoms with Crippen LogP contribution in [0.2, 0.25) is 0 Å². The van der Waals surface area contributed by atoms with Crippen LogP contribution in [0.4, 0.5) is 0 Å². The van der Waals surface area contributed by atoms with E-state index in [1.165, 1.54) is 32.1 Å². The Balaban J connectivity index is 2.40. The molecule has 0 heterocycles. The normalized spacial score (nSPS) is 21.3. The Morgan fingerprint density at radius 2 is 2.06 bits per heavy atom. The van der Waals surface area contributed by atoms with E-state index in [1.54, 1.807) is 0 Å². The fourth-order valence-electron chi connectivity index (χ4n) is 2.45. The molecule has 16 heavy (non-hydrogen) atoms. The first-order valence-electron chi connectivity index (χ1n) is 6.42. The van der Waals surface area contributed by atoms with Gasteiger partial charge in [0.1, 0.15) is 0 Å². The zero-order valence-corrected chi connectivity index (χ0v) is 11.4. The molecule has 3 heteroatoms. The first kappa shape index (κ1) is 13.9. The lowest BCUT2D eigenvalue weighted by Gasteiger charge is -2.37. The number of rotatable bonds is 6. The van der Waals surface area contributed by atoms with Crippen LogP contribution < -0.4 is 5.32 Å². The quantitative estimate of drug-likeness (QED) is 0.773. The highest BCUT2D eigenvalue weighted by atomic mass is 32.2. The van der Waals surface area contributed by atoms with Gasteiger partial charge in [-0.15, -0.1) is 0 Å². The standard InChI is InChI=1S/C13H24N2S/c1-3-12(7-10-14)15-11-13(16-2)8-5-4-6-9-13/h12,15H,3-9,11H2,1-2H3. The molecule has 1 N–H and O–H groups in total. The third-order valence-electron chi connectivity index (χ3n) is 3.74. The Morgan fingerprint density at radius 3 is 2.56 bits per heavy atom. The molecule has 1 saturated carbocycles. The average Bonchev–Trinajstić information content (AvgIpc) is 2.35. The molecule has 0 aliphatic heterocycles. The van der Waals surface area contributed by atoms with Crippen molar-refractivity contribution in [2.24, 2.45) is 0 Å². The van der Waals surface area contributed by atoms with E-state index >= 15 is 0 Å². The van der Waals surface area contributed by atoms with Crippen molar-refractivity contribution in [1.82, 2.24) is 5.32 Å². The van der Waals surface area contributed by atoms with E-state index in [0.717, 1.165) is 13.0 Å². The fraction of sp³-hybridized carbons (Fsp3) is 0.923. The van der Waals surface area contributed by atoms with E-state index in [4.69, 9.17) is 5.26 Å². The highest BCUT2D eigenvalue weighted by Gasteiger charge is 2.31. The maximum atomic E-state index is 8.73. The van der Waals surface area contributed by atoms with Gasteiger partial charge in [-0.25, -0.2) is 0 Å². The van der Waals surface area contributed by atoms with E-state index < -0.39 is 0 Å². The molecule has 1 atom stereocenters. The summed E-state index contributed by atoms with van der Waals surface area (Å²) in [5, 5.41) is 12.3. The Bertz CT molecular complexity index is 229. The minimum atomic E-state index is 0.385. The number of hydrogen-bond acceptors (Lipinski definition) is 3. The third-order valence-corrected chi connectivity index (χ3v) is 5.16. The maximum Gasteiger partial charge on any atom is 0.0638 e. The molecule has 1 unspecified atom stereocenters. The highest BCUT2D eigenvalue weighted by molar-refractivity contribution is 8.00. The topological polar surface area (TPSA) is 35.8 Å². The Labute approximate surface area is 104 Å². The molecule has 92 valence electrons. The van der Waals surface area contributed by atoms with Crippen molar-refractivity contribution in [2.75, 3.05) is 12.8 Å². The first-order chi connectivity index (χ1) is 7.76. The molecule has 0 aromatic heterocycles. The van der Waals surface area contributed by atoms with E-state index in [2.05, 4.69) is 24.6 Å². The van der Waals surface area contributed by atoms with Gasteiger partial charge in [0.25, 0.3) is 0 Å². The molecule has 0 aromatic rings. The number of nitrogens with one attached hydrogen (secondary N) is 1. The summed E-state index contributed by atoms with van der Waals surface area (Å²) in [6, 6.07) is 2.65. The van der Waals surface area contributed by atoms with E-state index in [-0.39, 0.29) is 0 Å². The highest BCUT2D eigenvalue weighted by Crippen LogP contribution is 2.38. The van der Waals surface area contributed by atoms with Crippen LogP contribution in [0.1, 0.15) is 51.9 Å². The second-order valence-electron chi connectivity index (χ2n) is 4.80. The van der Waals surface area contributed by atoms with Crippen LogP contribution in [-0.4, -0.2) is 23.6 Å². The van der Waals surface area contributed by atoms with Gasteiger partial charge in [-0.3, -0.25) is 0 Å². The van der Waals surface area contributed by atoms with Crippen molar-refractivity contribution in [2.45, 2.75) is 62.7 Å². The van der Waals surface area contributed by atoms with Gasteiger partial charge in [0.2, 0.25) is 0 Å². The van der Waals surface area contributed by atoms with Crippen LogP contribution in [0.25, 0.3) is 0 Å². The summed E-state index contributed by atoms with van der Waals surface area (Å²) in [4.78, 5) is 0. The number of hydrogen-bond donors (Lipinski definition) is 1. The minimum absolute atomic E-state index is 0.385. The summed E-state index contributed by atoms with van der Waals surface area (Å²) in [6.07, 6.45) is 10.7. The molecule has 0 bridgehead atoms. The first-order valence-corrected chi connectivity index (χ1v) is 7.64. The molecule has 1 aliphatic carbocycles. The number of thioether (sulfide) groups is 1. The van der Waals surface area contributed by atoms with E-state index in [9.17, 15) is 0 Å². The van der Waals surface area contributed by atoms with E-state index in [1.807, 2.05) is 11.8 Å². The van der Waals surface area contributed by atoms with Crippen LogP contribution in [0, 0.1) is 11.3 Å². The zero-order chi connectivity index (χ0) is 11.9. The average molecular weight is 240 g/mol. The lowest BCUT2D eigenvalue weighted by atomic mass is 9.88. The lowest BCUT2D eigenvalue weighted by molar-refractivity contribution is 0.359. The molecule has 0 spiro atoms. The minimum Gasteiger partial charge on any atom is -0.312 e. The smallest absolute Gasteiger partial charge is 0.0638 e. The van der Waals surface area contributed by atoms with Gasteiger partial charge >= 0.3 is 0 Å². The summed E-state index contributed by atoms with van der Waals surface area (Å²) in [6.45, 7) is 3.23. The third kappa shape index (κ3) is 3.99. The van der Waals surface area contributed by atoms with Gasteiger partial charge in [0.05, 0.1) is 12.5 Å². The Hall–Kier alpha value is -0.200. The van der Waals surface area contributed by atoms with Crippen molar-refractivity contribution in [3.05, 3.63) is 0 Å². The molecule has 2 nitrogen and oxygen atoms in total. The lowest BCUT2D eigenvalue weighted by Crippen LogP contribution is -2.43. The monoisotopic (exact) mass is 240 g/mol. The van der Waals surface area contributed by atoms with Crippen molar-refractivity contribution in [3.63, 3.8) is 0 Å². The molecule has 0 aromatic carbocycles. The fourth-order valence-corrected chi connectivity index (χ4v) is 3.38. The van der Waals surface area contributed by atoms with Crippen LogP contribution in [-0.2, 0) is 0 Å².